The molecule has 2 heterocycles. The van der Waals surface area contributed by atoms with Gasteiger partial charge in [-0.25, -0.2) is 4.99 Å². The molecule has 0 N–H and O–H groups in total. The van der Waals surface area contributed by atoms with Crippen LogP contribution in [0.1, 0.15) is 37.9 Å². The van der Waals surface area contributed by atoms with E-state index < -0.39 is 6.04 Å². The third-order valence-corrected chi connectivity index (χ3v) is 7.27. The van der Waals surface area contributed by atoms with E-state index in [-0.39, 0.29) is 11.5 Å². The van der Waals surface area contributed by atoms with Crippen molar-refractivity contribution >= 4 is 34.9 Å². The van der Waals surface area contributed by atoms with Crippen LogP contribution in [-0.2, 0) is 4.79 Å². The third-order valence-electron chi connectivity index (χ3n) is 6.03. The van der Waals surface area contributed by atoms with Crippen LogP contribution >= 0.6 is 22.9 Å². The van der Waals surface area contributed by atoms with E-state index in [9.17, 15) is 9.59 Å². The highest BCUT2D eigenvalue weighted by Gasteiger charge is 2.34. The van der Waals surface area contributed by atoms with Gasteiger partial charge in [-0.05, 0) is 62.2 Å². The van der Waals surface area contributed by atoms with Crippen LogP contribution in [0.25, 0.3) is 6.08 Å². The molecule has 0 spiro atoms. The van der Waals surface area contributed by atoms with Crippen LogP contribution in [0.3, 0.4) is 0 Å². The van der Waals surface area contributed by atoms with Gasteiger partial charge >= 0.3 is 0 Å². The van der Waals surface area contributed by atoms with E-state index >= 15 is 0 Å². The minimum absolute atomic E-state index is 0.120. The molecular formula is C28H28ClN3O3S. The number of amides is 1. The summed E-state index contributed by atoms with van der Waals surface area (Å²) < 4.78 is 7.71. The normalized spacial score (nSPS) is 15.3. The topological polar surface area (TPSA) is 63.9 Å². The summed E-state index contributed by atoms with van der Waals surface area (Å²) in [6, 6.07) is 14.2. The molecule has 0 radical (unpaired) electrons. The summed E-state index contributed by atoms with van der Waals surface area (Å²) in [5, 5.41) is 0.587. The fourth-order valence-corrected chi connectivity index (χ4v) is 5.38. The highest BCUT2D eigenvalue weighted by atomic mass is 35.5. The number of thiazole rings is 1. The molecule has 0 saturated carbocycles. The standard InChI is InChI=1S/C28H28ClN3O3S/c1-5-16-35-22-14-8-19(9-15-22)17-23-26(33)32-25(20-10-12-21(29)13-11-20)24(18(4)30-28(32)36-23)27(34)31(6-2)7-3/h5,8-15,17,25H,1,6-7,16H2,2-4H3/b23-17+/t25-/m0/s1. The van der Waals surface area contributed by atoms with Gasteiger partial charge in [-0.1, -0.05) is 59.9 Å². The number of benzene rings is 2. The van der Waals surface area contributed by atoms with Gasteiger partial charge in [-0.3, -0.25) is 14.2 Å². The second-order valence-corrected chi connectivity index (χ2v) is 9.73. The molecule has 186 valence electrons. The van der Waals surface area contributed by atoms with E-state index in [1.165, 1.54) is 11.3 Å². The van der Waals surface area contributed by atoms with Crippen LogP contribution in [0, 0.1) is 0 Å². The lowest BCUT2D eigenvalue weighted by molar-refractivity contribution is -0.127. The van der Waals surface area contributed by atoms with Gasteiger partial charge < -0.3 is 9.64 Å². The molecule has 4 rings (SSSR count). The van der Waals surface area contributed by atoms with Crippen LogP contribution in [0.15, 0.2) is 82.2 Å². The van der Waals surface area contributed by atoms with Gasteiger partial charge in [0.05, 0.1) is 21.8 Å². The minimum atomic E-state index is -0.594. The van der Waals surface area contributed by atoms with Gasteiger partial charge in [0.1, 0.15) is 12.4 Å². The predicted molar refractivity (Wildman–Crippen MR) is 145 cm³/mol. The number of nitrogens with zero attached hydrogens (tertiary/aromatic N) is 3. The first kappa shape index (κ1) is 25.7. The average molecular weight is 522 g/mol. The lowest BCUT2D eigenvalue weighted by Gasteiger charge is -2.29. The first-order valence-electron chi connectivity index (χ1n) is 11.8. The quantitative estimate of drug-likeness (QED) is 0.415. The van der Waals surface area contributed by atoms with Gasteiger partial charge in [-0.2, -0.15) is 0 Å². The fraction of sp³-hybridized carbons (Fsp3) is 0.250. The monoisotopic (exact) mass is 521 g/mol. The van der Waals surface area contributed by atoms with Crippen molar-refractivity contribution in [3.8, 4) is 5.75 Å². The number of aromatic nitrogens is 1. The van der Waals surface area contributed by atoms with Crippen molar-refractivity contribution in [1.82, 2.24) is 9.47 Å². The molecule has 8 heteroatoms. The largest absolute Gasteiger partial charge is 0.490 e. The van der Waals surface area contributed by atoms with Crippen LogP contribution in [-0.4, -0.2) is 35.1 Å². The SMILES string of the molecule is C=CCOc1ccc(/C=c2/sc3n(c2=O)[C@@H](c2ccc(Cl)cc2)C(C(=O)N(CC)CC)=C(C)N=3)cc1. The van der Waals surface area contributed by atoms with Crippen LogP contribution in [0.2, 0.25) is 5.02 Å². The maximum atomic E-state index is 13.7. The van der Waals surface area contributed by atoms with Gasteiger partial charge in [0, 0.05) is 18.1 Å². The molecule has 1 aliphatic heterocycles. The molecule has 0 aliphatic carbocycles. The number of halogens is 1. The molecule has 1 aromatic heterocycles. The van der Waals surface area contributed by atoms with Crippen molar-refractivity contribution in [2.75, 3.05) is 19.7 Å². The Morgan fingerprint density at radius 1 is 1.17 bits per heavy atom. The number of allylic oxidation sites excluding steroid dienone is 1. The summed E-state index contributed by atoms with van der Waals surface area (Å²) in [6.45, 7) is 10.9. The molecule has 0 fully saturated rings. The summed E-state index contributed by atoms with van der Waals surface area (Å²) in [7, 11) is 0. The number of carbonyl (C=O) groups is 1. The number of rotatable bonds is 8. The van der Waals surface area contributed by atoms with E-state index in [0.717, 1.165) is 16.9 Å². The van der Waals surface area contributed by atoms with Gasteiger partial charge in [0.25, 0.3) is 11.5 Å². The highest BCUT2D eigenvalue weighted by molar-refractivity contribution is 7.07. The van der Waals surface area contributed by atoms with Crippen LogP contribution < -0.4 is 19.6 Å². The summed E-state index contributed by atoms with van der Waals surface area (Å²) in [6.07, 6.45) is 3.53. The Morgan fingerprint density at radius 3 is 2.44 bits per heavy atom. The van der Waals surface area contributed by atoms with Gasteiger partial charge in [0.15, 0.2) is 4.80 Å². The molecule has 2 aromatic carbocycles. The number of hydrogen-bond acceptors (Lipinski definition) is 5. The lowest BCUT2D eigenvalue weighted by atomic mass is 9.94. The Balaban J connectivity index is 1.86. The van der Waals surface area contributed by atoms with Crippen molar-refractivity contribution in [3.05, 3.63) is 108 Å². The molecule has 1 aliphatic rings. The van der Waals surface area contributed by atoms with Crippen molar-refractivity contribution < 1.29 is 9.53 Å². The van der Waals surface area contributed by atoms with E-state index in [1.54, 1.807) is 27.7 Å². The molecular weight excluding hydrogens is 494 g/mol. The molecule has 0 bridgehead atoms. The van der Waals surface area contributed by atoms with Crippen molar-refractivity contribution in [1.29, 1.82) is 0 Å². The number of ether oxygens (including phenoxy) is 1. The Bertz CT molecular complexity index is 1480. The molecule has 36 heavy (non-hydrogen) atoms. The zero-order valence-electron chi connectivity index (χ0n) is 20.5. The Morgan fingerprint density at radius 2 is 1.83 bits per heavy atom. The highest BCUT2D eigenvalue weighted by Crippen LogP contribution is 2.31. The maximum absolute atomic E-state index is 13.7. The second kappa shape index (κ2) is 11.1. The zero-order chi connectivity index (χ0) is 25.8. The van der Waals surface area contributed by atoms with Crippen molar-refractivity contribution in [2.24, 2.45) is 4.99 Å². The zero-order valence-corrected chi connectivity index (χ0v) is 22.1. The number of fused-ring (bicyclic) bond motifs is 1. The molecule has 0 saturated heterocycles. The molecule has 1 amide bonds. The second-order valence-electron chi connectivity index (χ2n) is 8.28. The van der Waals surface area contributed by atoms with E-state index in [2.05, 4.69) is 6.58 Å². The summed E-state index contributed by atoms with van der Waals surface area (Å²) in [4.78, 5) is 34.3. The Kier molecular flexibility index (Phi) is 7.91. The number of carbonyl (C=O) groups excluding carboxylic acids is 1. The smallest absolute Gasteiger partial charge is 0.271 e. The minimum Gasteiger partial charge on any atom is -0.490 e. The summed E-state index contributed by atoms with van der Waals surface area (Å²) in [5.41, 5.74) is 2.60. The van der Waals surface area contributed by atoms with E-state index in [4.69, 9.17) is 21.3 Å². The first-order valence-corrected chi connectivity index (χ1v) is 13.0. The number of hydrogen-bond donors (Lipinski definition) is 0. The summed E-state index contributed by atoms with van der Waals surface area (Å²) >= 11 is 7.46. The van der Waals surface area contributed by atoms with Gasteiger partial charge in [-0.15, -0.1) is 0 Å². The Labute approximate surface area is 219 Å². The van der Waals surface area contributed by atoms with Crippen LogP contribution in [0.5, 0.6) is 5.75 Å². The van der Waals surface area contributed by atoms with E-state index in [0.29, 0.717) is 45.3 Å². The third kappa shape index (κ3) is 5.08. The average Bonchev–Trinajstić information content (AvgIpc) is 3.18. The Hall–Kier alpha value is -3.42. The van der Waals surface area contributed by atoms with Crippen molar-refractivity contribution in [3.63, 3.8) is 0 Å². The summed E-state index contributed by atoms with van der Waals surface area (Å²) in [5.74, 6) is 0.608. The predicted octanol–water partition coefficient (Wildman–Crippen LogP) is 4.32. The molecule has 1 atom stereocenters. The fourth-order valence-electron chi connectivity index (χ4n) is 4.20. The van der Waals surface area contributed by atoms with Gasteiger partial charge in [0.2, 0.25) is 0 Å². The maximum Gasteiger partial charge on any atom is 0.271 e. The number of likely N-dealkylation sites (N-methyl/N-ethyl adjacent to an activating group) is 1. The van der Waals surface area contributed by atoms with Crippen LogP contribution in [0.4, 0.5) is 0 Å². The molecule has 3 aromatic rings. The lowest BCUT2D eigenvalue weighted by Crippen LogP contribution is -2.43. The first-order chi connectivity index (χ1) is 17.4. The molecule has 0 unspecified atom stereocenters. The van der Waals surface area contributed by atoms with Crippen molar-refractivity contribution in [2.45, 2.75) is 26.8 Å². The molecule has 6 nitrogen and oxygen atoms in total. The van der Waals surface area contributed by atoms with E-state index in [1.807, 2.05) is 63.2 Å².